The first-order valence-corrected chi connectivity index (χ1v) is 8.92. The van der Waals surface area contributed by atoms with Gasteiger partial charge < -0.3 is 5.32 Å². The standard InChI is InChI=1S/C15H24N2O2S/c1-3-16-11-14-6-8-15(9-7-14)12-20(18,19)17-10-4-5-13(17)2/h6-9,13,16H,3-5,10-12H2,1-2H3. The maximum absolute atomic E-state index is 12.4. The van der Waals surface area contributed by atoms with Crippen molar-refractivity contribution in [3.63, 3.8) is 0 Å². The summed E-state index contributed by atoms with van der Waals surface area (Å²) in [5.41, 5.74) is 2.05. The summed E-state index contributed by atoms with van der Waals surface area (Å²) < 4.78 is 26.4. The van der Waals surface area contributed by atoms with Gasteiger partial charge in [-0.1, -0.05) is 31.2 Å². The molecule has 0 bridgehead atoms. The van der Waals surface area contributed by atoms with Crippen molar-refractivity contribution < 1.29 is 8.42 Å². The van der Waals surface area contributed by atoms with E-state index in [0.29, 0.717) is 6.54 Å². The van der Waals surface area contributed by atoms with Crippen LogP contribution >= 0.6 is 0 Å². The topological polar surface area (TPSA) is 49.4 Å². The SMILES string of the molecule is CCNCc1ccc(CS(=O)(=O)N2CCCC2C)cc1. The molecule has 1 N–H and O–H groups in total. The highest BCUT2D eigenvalue weighted by Crippen LogP contribution is 2.23. The molecule has 1 unspecified atom stereocenters. The molecule has 20 heavy (non-hydrogen) atoms. The fraction of sp³-hybridized carbons (Fsp3) is 0.600. The van der Waals surface area contributed by atoms with Crippen LogP contribution in [-0.2, 0) is 22.3 Å². The Morgan fingerprint density at radius 2 is 1.90 bits per heavy atom. The summed E-state index contributed by atoms with van der Waals surface area (Å²) in [7, 11) is -3.17. The van der Waals surface area contributed by atoms with E-state index in [9.17, 15) is 8.42 Å². The van der Waals surface area contributed by atoms with Gasteiger partial charge in [0.15, 0.2) is 0 Å². The number of benzene rings is 1. The Balaban J connectivity index is 2.02. The normalized spacial score (nSPS) is 20.4. The van der Waals surface area contributed by atoms with Crippen LogP contribution in [0.1, 0.15) is 37.8 Å². The Hall–Kier alpha value is -0.910. The van der Waals surface area contributed by atoms with Gasteiger partial charge >= 0.3 is 0 Å². The summed E-state index contributed by atoms with van der Waals surface area (Å²) in [5, 5.41) is 3.26. The van der Waals surface area contributed by atoms with Crippen molar-refractivity contribution in [2.75, 3.05) is 13.1 Å². The van der Waals surface area contributed by atoms with Gasteiger partial charge in [0, 0.05) is 19.1 Å². The van der Waals surface area contributed by atoms with Gasteiger partial charge in [0.2, 0.25) is 10.0 Å². The molecule has 0 amide bonds. The van der Waals surface area contributed by atoms with Crippen LogP contribution in [0.5, 0.6) is 0 Å². The lowest BCUT2D eigenvalue weighted by molar-refractivity contribution is 0.407. The number of rotatable bonds is 6. The van der Waals surface area contributed by atoms with Crippen molar-refractivity contribution in [3.8, 4) is 0 Å². The van der Waals surface area contributed by atoms with Crippen LogP contribution in [0.25, 0.3) is 0 Å². The van der Waals surface area contributed by atoms with Crippen molar-refractivity contribution in [2.45, 2.75) is 45.0 Å². The van der Waals surface area contributed by atoms with E-state index < -0.39 is 10.0 Å². The number of nitrogens with one attached hydrogen (secondary N) is 1. The van der Waals surface area contributed by atoms with Crippen LogP contribution in [-0.4, -0.2) is 31.9 Å². The highest BCUT2D eigenvalue weighted by Gasteiger charge is 2.31. The predicted molar refractivity (Wildman–Crippen MR) is 81.8 cm³/mol. The molecule has 4 nitrogen and oxygen atoms in total. The zero-order chi connectivity index (χ0) is 14.6. The van der Waals surface area contributed by atoms with Crippen molar-refractivity contribution >= 4 is 10.0 Å². The molecule has 0 saturated carbocycles. The maximum atomic E-state index is 12.4. The van der Waals surface area contributed by atoms with Gasteiger partial charge in [-0.15, -0.1) is 0 Å². The molecular weight excluding hydrogens is 272 g/mol. The molecule has 0 aliphatic carbocycles. The Bertz CT molecular complexity index is 525. The first-order chi connectivity index (χ1) is 9.53. The number of sulfonamides is 1. The molecule has 0 radical (unpaired) electrons. The van der Waals surface area contributed by atoms with E-state index in [-0.39, 0.29) is 11.8 Å². The minimum atomic E-state index is -3.17. The molecule has 1 atom stereocenters. The average molecular weight is 296 g/mol. The van der Waals surface area contributed by atoms with Crippen LogP contribution < -0.4 is 5.32 Å². The number of hydrogen-bond acceptors (Lipinski definition) is 3. The summed E-state index contributed by atoms with van der Waals surface area (Å²) in [5.74, 6) is 0.110. The maximum Gasteiger partial charge on any atom is 0.218 e. The van der Waals surface area contributed by atoms with Gasteiger partial charge in [-0.3, -0.25) is 0 Å². The molecule has 0 aromatic heterocycles. The van der Waals surface area contributed by atoms with Crippen LogP contribution in [0.2, 0.25) is 0 Å². The minimum Gasteiger partial charge on any atom is -0.313 e. The molecule has 0 spiro atoms. The summed E-state index contributed by atoms with van der Waals surface area (Å²) in [6.45, 7) is 6.49. The summed E-state index contributed by atoms with van der Waals surface area (Å²) >= 11 is 0. The van der Waals surface area contributed by atoms with Crippen LogP contribution in [0.3, 0.4) is 0 Å². The average Bonchev–Trinajstić information content (AvgIpc) is 2.85. The summed E-state index contributed by atoms with van der Waals surface area (Å²) in [6.07, 6.45) is 1.95. The molecule has 112 valence electrons. The summed E-state index contributed by atoms with van der Waals surface area (Å²) in [6, 6.07) is 7.99. The van der Waals surface area contributed by atoms with Crippen LogP contribution in [0.4, 0.5) is 0 Å². The van der Waals surface area contributed by atoms with Gasteiger partial charge in [0.1, 0.15) is 0 Å². The molecule has 1 aliphatic heterocycles. The van der Waals surface area contributed by atoms with Crippen molar-refractivity contribution in [2.24, 2.45) is 0 Å². The molecular formula is C15H24N2O2S. The summed E-state index contributed by atoms with van der Waals surface area (Å²) in [4.78, 5) is 0. The van der Waals surface area contributed by atoms with E-state index in [0.717, 1.165) is 31.5 Å². The van der Waals surface area contributed by atoms with Crippen molar-refractivity contribution in [1.29, 1.82) is 0 Å². The lowest BCUT2D eigenvalue weighted by atomic mass is 10.1. The Kier molecular flexibility index (Phi) is 5.18. The lowest BCUT2D eigenvalue weighted by Crippen LogP contribution is -2.34. The van der Waals surface area contributed by atoms with Gasteiger partial charge in [-0.25, -0.2) is 8.42 Å². The predicted octanol–water partition coefficient (Wildman–Crippen LogP) is 2.11. The van der Waals surface area contributed by atoms with Gasteiger partial charge in [0.25, 0.3) is 0 Å². The molecule has 1 aromatic rings. The molecule has 2 rings (SSSR count). The van der Waals surface area contributed by atoms with E-state index in [2.05, 4.69) is 12.2 Å². The molecule has 1 aliphatic rings. The molecule has 5 heteroatoms. The lowest BCUT2D eigenvalue weighted by Gasteiger charge is -2.20. The van der Waals surface area contributed by atoms with Gasteiger partial charge in [0.05, 0.1) is 5.75 Å². The fourth-order valence-electron chi connectivity index (χ4n) is 2.64. The first kappa shape index (κ1) is 15.5. The van der Waals surface area contributed by atoms with E-state index in [1.54, 1.807) is 4.31 Å². The Morgan fingerprint density at radius 3 is 2.45 bits per heavy atom. The molecule has 1 aromatic carbocycles. The number of hydrogen-bond donors (Lipinski definition) is 1. The highest BCUT2D eigenvalue weighted by atomic mass is 32.2. The highest BCUT2D eigenvalue weighted by molar-refractivity contribution is 7.88. The second-order valence-electron chi connectivity index (χ2n) is 5.46. The van der Waals surface area contributed by atoms with Gasteiger partial charge in [-0.05, 0) is 37.4 Å². The zero-order valence-electron chi connectivity index (χ0n) is 12.3. The van der Waals surface area contributed by atoms with Gasteiger partial charge in [-0.2, -0.15) is 4.31 Å². The fourth-order valence-corrected chi connectivity index (χ4v) is 4.48. The third kappa shape index (κ3) is 3.81. The van der Waals surface area contributed by atoms with Crippen molar-refractivity contribution in [3.05, 3.63) is 35.4 Å². The van der Waals surface area contributed by atoms with E-state index >= 15 is 0 Å². The van der Waals surface area contributed by atoms with E-state index in [4.69, 9.17) is 0 Å². The van der Waals surface area contributed by atoms with E-state index in [1.165, 1.54) is 5.56 Å². The largest absolute Gasteiger partial charge is 0.313 e. The molecule has 1 heterocycles. The quantitative estimate of drug-likeness (QED) is 0.874. The monoisotopic (exact) mass is 296 g/mol. The minimum absolute atomic E-state index is 0.110. The second kappa shape index (κ2) is 6.70. The van der Waals surface area contributed by atoms with Crippen molar-refractivity contribution in [1.82, 2.24) is 9.62 Å². The Morgan fingerprint density at radius 1 is 1.25 bits per heavy atom. The number of nitrogens with zero attached hydrogens (tertiary/aromatic N) is 1. The third-order valence-corrected chi connectivity index (χ3v) is 5.76. The zero-order valence-corrected chi connectivity index (χ0v) is 13.1. The third-order valence-electron chi connectivity index (χ3n) is 3.80. The Labute approximate surface area is 122 Å². The van der Waals surface area contributed by atoms with Crippen LogP contribution in [0.15, 0.2) is 24.3 Å². The van der Waals surface area contributed by atoms with E-state index in [1.807, 2.05) is 31.2 Å². The first-order valence-electron chi connectivity index (χ1n) is 7.31. The smallest absolute Gasteiger partial charge is 0.218 e. The molecule has 1 saturated heterocycles. The second-order valence-corrected chi connectivity index (χ2v) is 7.38. The molecule has 1 fully saturated rings. The van der Waals surface area contributed by atoms with Crippen LogP contribution in [0, 0.1) is 0 Å².